The van der Waals surface area contributed by atoms with Crippen LogP contribution < -0.4 is 0 Å². The second-order valence-corrected chi connectivity index (χ2v) is 3.80. The topological polar surface area (TPSA) is 63.0 Å². The van der Waals surface area contributed by atoms with E-state index in [1.54, 1.807) is 0 Å². The molecule has 1 aromatic heterocycles. The van der Waals surface area contributed by atoms with E-state index in [0.29, 0.717) is 6.20 Å². The number of pyridine rings is 1. The third-order valence-electron chi connectivity index (χ3n) is 2.44. The lowest BCUT2D eigenvalue weighted by Crippen LogP contribution is -2.18. The van der Waals surface area contributed by atoms with Crippen molar-refractivity contribution in [2.75, 3.05) is 6.61 Å². The zero-order valence-electron chi connectivity index (χ0n) is 10.7. The van der Waals surface area contributed by atoms with Gasteiger partial charge in [0.25, 0.3) is 6.43 Å². The molecule has 0 aliphatic carbocycles. The van der Waals surface area contributed by atoms with Crippen molar-refractivity contribution < 1.29 is 31.5 Å². The number of alkyl halides is 5. The maximum Gasteiger partial charge on any atom is 0.418 e. The molecule has 1 heterocycles. The second-order valence-electron chi connectivity index (χ2n) is 3.80. The van der Waals surface area contributed by atoms with Crippen LogP contribution in [0.2, 0.25) is 0 Å². The van der Waals surface area contributed by atoms with Gasteiger partial charge in [-0.2, -0.15) is 18.4 Å². The number of carbonyl (C=O) groups is 1. The Bertz CT molecular complexity index is 578. The van der Waals surface area contributed by atoms with Crippen LogP contribution in [0.15, 0.2) is 6.20 Å². The van der Waals surface area contributed by atoms with E-state index in [1.807, 2.05) is 0 Å². The molecule has 0 saturated heterocycles. The van der Waals surface area contributed by atoms with Crippen molar-refractivity contribution >= 4 is 5.97 Å². The zero-order valence-corrected chi connectivity index (χ0v) is 10.7. The monoisotopic (exact) mass is 308 g/mol. The fourth-order valence-electron chi connectivity index (χ4n) is 1.68. The smallest absolute Gasteiger partial charge is 0.418 e. The minimum absolute atomic E-state index is 0.0503. The van der Waals surface area contributed by atoms with Gasteiger partial charge in [0.1, 0.15) is 6.07 Å². The lowest BCUT2D eigenvalue weighted by Gasteiger charge is -2.16. The molecule has 1 aromatic rings. The Morgan fingerprint density at radius 3 is 2.52 bits per heavy atom. The summed E-state index contributed by atoms with van der Waals surface area (Å²) in [6.07, 6.45) is -9.01. The van der Waals surface area contributed by atoms with Crippen molar-refractivity contribution in [3.8, 4) is 6.07 Å². The van der Waals surface area contributed by atoms with Crippen LogP contribution >= 0.6 is 0 Å². The number of ether oxygens (including phenoxy) is 1. The SMILES string of the molecule is CCOC(=O)Cc1ncc(C#N)c(C(F)(F)F)c1C(F)F. The summed E-state index contributed by atoms with van der Waals surface area (Å²) in [4.78, 5) is 14.6. The molecule has 0 aromatic carbocycles. The van der Waals surface area contributed by atoms with Crippen molar-refractivity contribution in [3.63, 3.8) is 0 Å². The van der Waals surface area contributed by atoms with E-state index >= 15 is 0 Å². The van der Waals surface area contributed by atoms with Gasteiger partial charge in [-0.3, -0.25) is 9.78 Å². The van der Waals surface area contributed by atoms with Gasteiger partial charge in [0.05, 0.1) is 35.4 Å². The van der Waals surface area contributed by atoms with Gasteiger partial charge in [-0.15, -0.1) is 0 Å². The fourth-order valence-corrected chi connectivity index (χ4v) is 1.68. The summed E-state index contributed by atoms with van der Waals surface area (Å²) >= 11 is 0. The van der Waals surface area contributed by atoms with Crippen LogP contribution in [0, 0.1) is 11.3 Å². The normalized spacial score (nSPS) is 11.3. The van der Waals surface area contributed by atoms with Crippen molar-refractivity contribution in [1.29, 1.82) is 5.26 Å². The first-order chi connectivity index (χ1) is 9.72. The van der Waals surface area contributed by atoms with E-state index in [4.69, 9.17) is 5.26 Å². The van der Waals surface area contributed by atoms with E-state index in [1.165, 1.54) is 13.0 Å². The van der Waals surface area contributed by atoms with Gasteiger partial charge in [0, 0.05) is 6.20 Å². The van der Waals surface area contributed by atoms with Crippen molar-refractivity contribution in [2.45, 2.75) is 25.9 Å². The summed E-state index contributed by atoms with van der Waals surface area (Å²) in [5.41, 5.74) is -5.01. The molecular formula is C12H9F5N2O2. The molecule has 0 bridgehead atoms. The molecule has 21 heavy (non-hydrogen) atoms. The Morgan fingerprint density at radius 1 is 1.48 bits per heavy atom. The van der Waals surface area contributed by atoms with Gasteiger partial charge in [0.2, 0.25) is 0 Å². The lowest BCUT2D eigenvalue weighted by molar-refractivity contribution is -0.143. The Morgan fingerprint density at radius 2 is 2.10 bits per heavy atom. The minimum atomic E-state index is -5.16. The Hall–Kier alpha value is -2.24. The largest absolute Gasteiger partial charge is 0.466 e. The highest BCUT2D eigenvalue weighted by molar-refractivity contribution is 5.72. The summed E-state index contributed by atoms with van der Waals surface area (Å²) < 4.78 is 69.1. The van der Waals surface area contributed by atoms with E-state index in [-0.39, 0.29) is 6.61 Å². The van der Waals surface area contributed by atoms with Crippen LogP contribution in [0.5, 0.6) is 0 Å². The van der Waals surface area contributed by atoms with Crippen LogP contribution in [0.4, 0.5) is 22.0 Å². The summed E-state index contributed by atoms with van der Waals surface area (Å²) in [5, 5.41) is 8.62. The zero-order chi connectivity index (χ0) is 16.2. The molecular weight excluding hydrogens is 299 g/mol. The molecule has 9 heteroatoms. The number of esters is 1. The summed E-state index contributed by atoms with van der Waals surface area (Å²) in [5.74, 6) is -0.982. The van der Waals surface area contributed by atoms with Crippen molar-refractivity contribution in [3.05, 3.63) is 28.6 Å². The van der Waals surface area contributed by atoms with Gasteiger partial charge in [-0.25, -0.2) is 8.78 Å². The average molecular weight is 308 g/mol. The van der Waals surface area contributed by atoms with Gasteiger partial charge in [-0.05, 0) is 6.92 Å². The molecule has 0 amide bonds. The number of aromatic nitrogens is 1. The molecule has 0 fully saturated rings. The highest BCUT2D eigenvalue weighted by Gasteiger charge is 2.40. The first kappa shape index (κ1) is 16.8. The van der Waals surface area contributed by atoms with Crippen LogP contribution in [-0.4, -0.2) is 17.6 Å². The molecule has 0 N–H and O–H groups in total. The van der Waals surface area contributed by atoms with Gasteiger partial charge >= 0.3 is 12.1 Å². The van der Waals surface area contributed by atoms with E-state index in [0.717, 1.165) is 0 Å². The molecule has 4 nitrogen and oxygen atoms in total. The molecule has 114 valence electrons. The number of nitriles is 1. The average Bonchev–Trinajstić information content (AvgIpc) is 2.36. The van der Waals surface area contributed by atoms with Crippen LogP contribution in [0.25, 0.3) is 0 Å². The summed E-state index contributed by atoms with van der Waals surface area (Å²) in [7, 11) is 0. The number of nitrogens with zero attached hydrogens (tertiary/aromatic N) is 2. The maximum atomic E-state index is 13.0. The van der Waals surface area contributed by atoms with E-state index in [2.05, 4.69) is 9.72 Å². The number of halogens is 5. The Balaban J connectivity index is 3.47. The van der Waals surface area contributed by atoms with Crippen LogP contribution in [-0.2, 0) is 22.1 Å². The first-order valence-electron chi connectivity index (χ1n) is 5.65. The number of hydrogen-bond acceptors (Lipinski definition) is 4. The predicted octanol–water partition coefficient (Wildman–Crippen LogP) is 3.02. The molecule has 0 aliphatic heterocycles. The maximum absolute atomic E-state index is 13.0. The van der Waals surface area contributed by atoms with Crippen molar-refractivity contribution in [2.24, 2.45) is 0 Å². The highest BCUT2D eigenvalue weighted by Crippen LogP contribution is 2.39. The first-order valence-corrected chi connectivity index (χ1v) is 5.65. The molecule has 0 radical (unpaired) electrons. The van der Waals surface area contributed by atoms with Crippen LogP contribution in [0.3, 0.4) is 0 Å². The van der Waals surface area contributed by atoms with Gasteiger partial charge < -0.3 is 4.74 Å². The molecule has 0 spiro atoms. The third-order valence-corrected chi connectivity index (χ3v) is 2.44. The van der Waals surface area contributed by atoms with Crippen LogP contribution in [0.1, 0.15) is 35.7 Å². The molecule has 0 atom stereocenters. The van der Waals surface area contributed by atoms with E-state index < -0.39 is 47.4 Å². The van der Waals surface area contributed by atoms with Gasteiger partial charge in [0.15, 0.2) is 0 Å². The molecule has 0 saturated carbocycles. The summed E-state index contributed by atoms with van der Waals surface area (Å²) in [6, 6.07) is 1.17. The quantitative estimate of drug-likeness (QED) is 0.633. The Labute approximate surface area is 116 Å². The number of rotatable bonds is 4. The van der Waals surface area contributed by atoms with Gasteiger partial charge in [-0.1, -0.05) is 0 Å². The minimum Gasteiger partial charge on any atom is -0.466 e. The molecule has 0 unspecified atom stereocenters. The number of hydrogen-bond donors (Lipinski definition) is 0. The Kier molecular flexibility index (Phi) is 5.18. The standard InChI is InChI=1S/C12H9F5N2O2/c1-2-21-8(20)3-7-9(11(13)14)10(12(15,16)17)6(4-18)5-19-7/h5,11H,2-3H2,1H3. The second kappa shape index (κ2) is 6.47. The predicted molar refractivity (Wildman–Crippen MR) is 59.2 cm³/mol. The molecule has 0 aliphatic rings. The highest BCUT2D eigenvalue weighted by atomic mass is 19.4. The molecule has 1 rings (SSSR count). The van der Waals surface area contributed by atoms with Crippen molar-refractivity contribution in [1.82, 2.24) is 4.98 Å². The lowest BCUT2D eigenvalue weighted by atomic mass is 10.00. The van der Waals surface area contributed by atoms with E-state index in [9.17, 15) is 26.7 Å². The fraction of sp³-hybridized carbons (Fsp3) is 0.417. The third kappa shape index (κ3) is 3.87. The number of carbonyl (C=O) groups excluding carboxylic acids is 1. The summed E-state index contributed by atoms with van der Waals surface area (Å²) in [6.45, 7) is 1.41.